The molecule has 0 atom stereocenters. The van der Waals surface area contributed by atoms with Gasteiger partial charge in [-0.3, -0.25) is 9.20 Å². The van der Waals surface area contributed by atoms with Crippen LogP contribution in [-0.4, -0.2) is 27.6 Å². The van der Waals surface area contributed by atoms with Crippen LogP contribution in [0.1, 0.15) is 11.4 Å². The van der Waals surface area contributed by atoms with Crippen molar-refractivity contribution in [3.8, 4) is 0 Å². The van der Waals surface area contributed by atoms with Crippen molar-refractivity contribution in [2.75, 3.05) is 12.3 Å². The standard InChI is InChI=1S/C10H13N3OS2/c1-7-6-16-10-12-8(5-13(7)10)4-9(14)11-2-3-15/h5-6,15H,2-4H2,1H3,(H,11,14). The fraction of sp³-hybridized carbons (Fsp3) is 0.400. The molecule has 16 heavy (non-hydrogen) atoms. The minimum Gasteiger partial charge on any atom is -0.355 e. The summed E-state index contributed by atoms with van der Waals surface area (Å²) in [7, 11) is 0. The third kappa shape index (κ3) is 2.38. The van der Waals surface area contributed by atoms with Gasteiger partial charge in [0.2, 0.25) is 5.91 Å². The number of hydrogen-bond donors (Lipinski definition) is 2. The van der Waals surface area contributed by atoms with Crippen molar-refractivity contribution in [3.05, 3.63) is 23.0 Å². The van der Waals surface area contributed by atoms with E-state index in [1.165, 1.54) is 0 Å². The Morgan fingerprint density at radius 2 is 2.50 bits per heavy atom. The normalized spacial score (nSPS) is 10.9. The highest BCUT2D eigenvalue weighted by Gasteiger charge is 2.08. The van der Waals surface area contributed by atoms with Crippen LogP contribution in [0.4, 0.5) is 0 Å². The Balaban J connectivity index is 2.06. The average Bonchev–Trinajstić information content (AvgIpc) is 2.78. The van der Waals surface area contributed by atoms with E-state index < -0.39 is 0 Å². The van der Waals surface area contributed by atoms with E-state index in [9.17, 15) is 4.79 Å². The molecule has 1 amide bonds. The molecule has 2 aromatic rings. The Bertz CT molecular complexity index is 503. The van der Waals surface area contributed by atoms with Crippen molar-refractivity contribution in [2.45, 2.75) is 13.3 Å². The third-order valence-corrected chi connectivity index (χ3v) is 3.40. The topological polar surface area (TPSA) is 46.4 Å². The second kappa shape index (κ2) is 4.88. The Morgan fingerprint density at radius 3 is 3.19 bits per heavy atom. The summed E-state index contributed by atoms with van der Waals surface area (Å²) in [5.74, 6) is 0.654. The zero-order chi connectivity index (χ0) is 11.5. The molecular formula is C10H13N3OS2. The lowest BCUT2D eigenvalue weighted by Crippen LogP contribution is -2.26. The molecule has 0 aromatic carbocycles. The van der Waals surface area contributed by atoms with Gasteiger partial charge >= 0.3 is 0 Å². The van der Waals surface area contributed by atoms with E-state index in [2.05, 4.69) is 22.9 Å². The summed E-state index contributed by atoms with van der Waals surface area (Å²) in [6.45, 7) is 2.62. The van der Waals surface area contributed by atoms with Gasteiger partial charge in [-0.1, -0.05) is 0 Å². The Hall–Kier alpha value is -1.01. The smallest absolute Gasteiger partial charge is 0.226 e. The lowest BCUT2D eigenvalue weighted by Gasteiger charge is -1.99. The quantitative estimate of drug-likeness (QED) is 0.809. The fourth-order valence-electron chi connectivity index (χ4n) is 1.45. The van der Waals surface area contributed by atoms with Gasteiger partial charge < -0.3 is 5.32 Å². The molecule has 4 nitrogen and oxygen atoms in total. The highest BCUT2D eigenvalue weighted by Crippen LogP contribution is 2.15. The summed E-state index contributed by atoms with van der Waals surface area (Å²) < 4.78 is 2.01. The number of fused-ring (bicyclic) bond motifs is 1. The average molecular weight is 255 g/mol. The number of thiol groups is 1. The largest absolute Gasteiger partial charge is 0.355 e. The first-order valence-electron chi connectivity index (χ1n) is 5.00. The number of thiazole rings is 1. The van der Waals surface area contributed by atoms with Gasteiger partial charge in [0.05, 0.1) is 12.1 Å². The molecule has 0 radical (unpaired) electrons. The molecule has 0 aliphatic carbocycles. The van der Waals surface area contributed by atoms with Gasteiger partial charge in [0.15, 0.2) is 4.96 Å². The number of rotatable bonds is 4. The molecular weight excluding hydrogens is 242 g/mol. The molecule has 2 aromatic heterocycles. The number of hydrogen-bond acceptors (Lipinski definition) is 4. The highest BCUT2D eigenvalue weighted by atomic mass is 32.1. The minimum absolute atomic E-state index is 0.00236. The Labute approximate surface area is 103 Å². The number of nitrogens with one attached hydrogen (secondary N) is 1. The van der Waals surface area contributed by atoms with Gasteiger partial charge in [-0.25, -0.2) is 4.98 Å². The summed E-state index contributed by atoms with van der Waals surface area (Å²) in [5, 5.41) is 4.82. The van der Waals surface area contributed by atoms with E-state index in [4.69, 9.17) is 0 Å². The molecule has 1 N–H and O–H groups in total. The van der Waals surface area contributed by atoms with E-state index in [1.807, 2.05) is 22.9 Å². The second-order valence-corrected chi connectivity index (χ2v) is 4.80. The maximum atomic E-state index is 11.5. The summed E-state index contributed by atoms with van der Waals surface area (Å²) in [6, 6.07) is 0. The lowest BCUT2D eigenvalue weighted by atomic mass is 10.3. The predicted octanol–water partition coefficient (Wildman–Crippen LogP) is 1.29. The number of aryl methyl sites for hydroxylation is 1. The number of amides is 1. The molecule has 0 bridgehead atoms. The van der Waals surface area contributed by atoms with Gasteiger partial charge in [-0.15, -0.1) is 11.3 Å². The SMILES string of the molecule is Cc1csc2nc(CC(=O)NCCS)cn12. The van der Waals surface area contributed by atoms with E-state index in [1.54, 1.807) is 11.3 Å². The molecule has 0 spiro atoms. The summed E-state index contributed by atoms with van der Waals surface area (Å²) in [4.78, 5) is 16.8. The lowest BCUT2D eigenvalue weighted by molar-refractivity contribution is -0.120. The van der Waals surface area contributed by atoms with Crippen LogP contribution in [0.15, 0.2) is 11.6 Å². The first-order chi connectivity index (χ1) is 7.70. The van der Waals surface area contributed by atoms with Crippen molar-refractivity contribution in [1.29, 1.82) is 0 Å². The molecule has 0 saturated heterocycles. The zero-order valence-corrected chi connectivity index (χ0v) is 10.6. The van der Waals surface area contributed by atoms with Gasteiger partial charge in [-0.2, -0.15) is 12.6 Å². The first kappa shape index (κ1) is 11.5. The van der Waals surface area contributed by atoms with E-state index >= 15 is 0 Å². The number of imidazole rings is 1. The number of aromatic nitrogens is 2. The maximum Gasteiger partial charge on any atom is 0.226 e. The third-order valence-electron chi connectivity index (χ3n) is 2.21. The van der Waals surface area contributed by atoms with E-state index in [0.717, 1.165) is 16.3 Å². The van der Waals surface area contributed by atoms with Crippen molar-refractivity contribution < 1.29 is 4.79 Å². The number of carbonyl (C=O) groups excluding carboxylic acids is 1. The van der Waals surface area contributed by atoms with Gasteiger partial charge in [0.25, 0.3) is 0 Å². The van der Waals surface area contributed by atoms with Crippen LogP contribution in [0, 0.1) is 6.92 Å². The van der Waals surface area contributed by atoms with Crippen LogP contribution in [0.25, 0.3) is 4.96 Å². The number of carbonyl (C=O) groups is 1. The Morgan fingerprint density at radius 1 is 1.69 bits per heavy atom. The van der Waals surface area contributed by atoms with E-state index in [0.29, 0.717) is 18.7 Å². The maximum absolute atomic E-state index is 11.5. The van der Waals surface area contributed by atoms with Crippen molar-refractivity contribution in [3.63, 3.8) is 0 Å². The van der Waals surface area contributed by atoms with Crippen molar-refractivity contribution >= 4 is 34.8 Å². The molecule has 0 aliphatic heterocycles. The summed E-state index contributed by atoms with van der Waals surface area (Å²) >= 11 is 5.62. The van der Waals surface area contributed by atoms with Crippen LogP contribution in [0.2, 0.25) is 0 Å². The van der Waals surface area contributed by atoms with Gasteiger partial charge in [0.1, 0.15) is 0 Å². The summed E-state index contributed by atoms with van der Waals surface area (Å²) in [6.07, 6.45) is 2.25. The van der Waals surface area contributed by atoms with Crippen LogP contribution >= 0.6 is 24.0 Å². The monoisotopic (exact) mass is 255 g/mol. The number of nitrogens with zero attached hydrogens (tertiary/aromatic N) is 2. The molecule has 0 fully saturated rings. The van der Waals surface area contributed by atoms with Crippen molar-refractivity contribution in [1.82, 2.24) is 14.7 Å². The predicted molar refractivity (Wildman–Crippen MR) is 68.4 cm³/mol. The zero-order valence-electron chi connectivity index (χ0n) is 8.93. The molecule has 0 unspecified atom stereocenters. The van der Waals surface area contributed by atoms with Gasteiger partial charge in [-0.05, 0) is 6.92 Å². The molecule has 0 saturated carbocycles. The molecule has 86 valence electrons. The van der Waals surface area contributed by atoms with Crippen LogP contribution in [0.5, 0.6) is 0 Å². The van der Waals surface area contributed by atoms with E-state index in [-0.39, 0.29) is 5.91 Å². The van der Waals surface area contributed by atoms with Crippen LogP contribution < -0.4 is 5.32 Å². The molecule has 6 heteroatoms. The summed E-state index contributed by atoms with van der Waals surface area (Å²) in [5.41, 5.74) is 1.96. The van der Waals surface area contributed by atoms with Crippen LogP contribution in [-0.2, 0) is 11.2 Å². The van der Waals surface area contributed by atoms with Crippen LogP contribution in [0.3, 0.4) is 0 Å². The Kier molecular flexibility index (Phi) is 3.50. The highest BCUT2D eigenvalue weighted by molar-refractivity contribution is 7.80. The fourth-order valence-corrected chi connectivity index (χ4v) is 2.43. The first-order valence-corrected chi connectivity index (χ1v) is 6.51. The van der Waals surface area contributed by atoms with Gasteiger partial charge in [0, 0.05) is 29.6 Å². The molecule has 2 rings (SSSR count). The second-order valence-electron chi connectivity index (χ2n) is 3.51. The minimum atomic E-state index is -0.00236. The van der Waals surface area contributed by atoms with Crippen molar-refractivity contribution in [2.24, 2.45) is 0 Å². The molecule has 0 aliphatic rings. The molecule has 2 heterocycles.